The summed E-state index contributed by atoms with van der Waals surface area (Å²) in [6, 6.07) is 0.110. The van der Waals surface area contributed by atoms with Crippen molar-refractivity contribution < 1.29 is 14.3 Å². The van der Waals surface area contributed by atoms with E-state index in [4.69, 9.17) is 21.1 Å². The summed E-state index contributed by atoms with van der Waals surface area (Å²) in [5.41, 5.74) is 0. The molecule has 5 heteroatoms. The minimum atomic E-state index is -0.272. The van der Waals surface area contributed by atoms with Crippen LogP contribution in [0.4, 0.5) is 0 Å². The van der Waals surface area contributed by atoms with Gasteiger partial charge in [0, 0.05) is 13.2 Å². The smallest absolute Gasteiger partial charge is 0.252 e. The zero-order chi connectivity index (χ0) is 12.4. The maximum atomic E-state index is 12.4. The number of rotatable bonds is 2. The van der Waals surface area contributed by atoms with Gasteiger partial charge in [-0.15, -0.1) is 11.6 Å². The molecule has 2 saturated heterocycles. The molecule has 0 N–H and O–H groups in total. The molecule has 17 heavy (non-hydrogen) atoms. The van der Waals surface area contributed by atoms with E-state index in [0.29, 0.717) is 31.6 Å². The maximum absolute atomic E-state index is 12.4. The van der Waals surface area contributed by atoms with E-state index in [1.54, 1.807) is 0 Å². The van der Waals surface area contributed by atoms with E-state index < -0.39 is 0 Å². The van der Waals surface area contributed by atoms with Crippen molar-refractivity contribution in [1.82, 2.24) is 4.90 Å². The predicted molar refractivity (Wildman–Crippen MR) is 65.2 cm³/mol. The van der Waals surface area contributed by atoms with Gasteiger partial charge in [-0.1, -0.05) is 6.92 Å². The summed E-state index contributed by atoms with van der Waals surface area (Å²) in [6.07, 6.45) is 0.647. The number of carbonyl (C=O) groups excluding carboxylic acids is 1. The van der Waals surface area contributed by atoms with E-state index in [0.717, 1.165) is 6.42 Å². The van der Waals surface area contributed by atoms with Gasteiger partial charge in [-0.3, -0.25) is 4.79 Å². The lowest BCUT2D eigenvalue weighted by atomic mass is 10.0. The zero-order valence-corrected chi connectivity index (χ0v) is 11.2. The zero-order valence-electron chi connectivity index (χ0n) is 10.4. The lowest BCUT2D eigenvalue weighted by Gasteiger charge is -2.39. The predicted octanol–water partition coefficient (Wildman–Crippen LogP) is 1.27. The molecule has 1 amide bonds. The lowest BCUT2D eigenvalue weighted by Crippen LogP contribution is -2.55. The van der Waals surface area contributed by atoms with Crippen molar-refractivity contribution >= 4 is 17.5 Å². The molecule has 4 nitrogen and oxygen atoms in total. The van der Waals surface area contributed by atoms with Crippen LogP contribution in [0.2, 0.25) is 0 Å². The Morgan fingerprint density at radius 3 is 2.76 bits per heavy atom. The molecule has 4 atom stereocenters. The Kier molecular flexibility index (Phi) is 4.28. The first-order valence-electron chi connectivity index (χ1n) is 6.23. The highest BCUT2D eigenvalue weighted by Crippen LogP contribution is 2.24. The molecule has 0 aromatic carbocycles. The monoisotopic (exact) mass is 261 g/mol. The third-order valence-corrected chi connectivity index (χ3v) is 3.94. The quantitative estimate of drug-likeness (QED) is 0.703. The second kappa shape index (κ2) is 5.55. The van der Waals surface area contributed by atoms with E-state index >= 15 is 0 Å². The highest BCUT2D eigenvalue weighted by Gasteiger charge is 2.38. The van der Waals surface area contributed by atoms with Gasteiger partial charge in [0.25, 0.3) is 5.91 Å². The normalized spacial score (nSPS) is 38.4. The van der Waals surface area contributed by atoms with Crippen LogP contribution in [-0.2, 0) is 14.3 Å². The molecule has 4 unspecified atom stereocenters. The van der Waals surface area contributed by atoms with Gasteiger partial charge >= 0.3 is 0 Å². The number of ether oxygens (including phenoxy) is 2. The number of carbonyl (C=O) groups is 1. The van der Waals surface area contributed by atoms with Crippen molar-refractivity contribution in [2.75, 3.05) is 25.6 Å². The molecule has 0 radical (unpaired) electrons. The first kappa shape index (κ1) is 13.1. The maximum Gasteiger partial charge on any atom is 0.252 e. The molecular formula is C12H20ClNO3. The fraction of sp³-hybridized carbons (Fsp3) is 0.917. The number of hydrogen-bond acceptors (Lipinski definition) is 3. The number of amides is 1. The summed E-state index contributed by atoms with van der Waals surface area (Å²) in [6.45, 7) is 5.90. The van der Waals surface area contributed by atoms with Crippen LogP contribution in [0.1, 0.15) is 20.3 Å². The standard InChI is InChI=1S/C12H20ClNO3/c1-8-3-4-16-11(8)12(15)14-6-10(5-13)17-7-9(14)2/h8-11H,3-7H2,1-2H3. The minimum Gasteiger partial charge on any atom is -0.373 e. The van der Waals surface area contributed by atoms with Crippen molar-refractivity contribution in [2.45, 2.75) is 38.5 Å². The average molecular weight is 262 g/mol. The third-order valence-electron chi connectivity index (χ3n) is 3.59. The number of halogens is 1. The topological polar surface area (TPSA) is 38.8 Å². The molecule has 2 aliphatic heterocycles. The molecule has 2 heterocycles. The van der Waals surface area contributed by atoms with Gasteiger partial charge in [0.2, 0.25) is 0 Å². The van der Waals surface area contributed by atoms with Gasteiger partial charge in [-0.05, 0) is 19.3 Å². The van der Waals surface area contributed by atoms with Crippen LogP contribution >= 0.6 is 11.6 Å². The van der Waals surface area contributed by atoms with Crippen molar-refractivity contribution in [2.24, 2.45) is 5.92 Å². The van der Waals surface area contributed by atoms with Crippen LogP contribution in [0.25, 0.3) is 0 Å². The van der Waals surface area contributed by atoms with Crippen molar-refractivity contribution in [3.8, 4) is 0 Å². The second-order valence-corrected chi connectivity index (χ2v) is 5.32. The van der Waals surface area contributed by atoms with E-state index in [2.05, 4.69) is 6.92 Å². The average Bonchev–Trinajstić information content (AvgIpc) is 2.75. The van der Waals surface area contributed by atoms with Gasteiger partial charge in [-0.25, -0.2) is 0 Å². The Labute approximate surface area is 107 Å². The van der Waals surface area contributed by atoms with Crippen LogP contribution < -0.4 is 0 Å². The van der Waals surface area contributed by atoms with Gasteiger partial charge in [0.1, 0.15) is 6.10 Å². The molecule has 2 aliphatic rings. The minimum absolute atomic E-state index is 0.0477. The second-order valence-electron chi connectivity index (χ2n) is 5.01. The SMILES string of the molecule is CC1CCOC1C(=O)N1CC(CCl)OCC1C. The molecule has 0 aliphatic carbocycles. The van der Waals surface area contributed by atoms with E-state index in [1.807, 2.05) is 11.8 Å². The Balaban J connectivity index is 2.01. The van der Waals surface area contributed by atoms with Gasteiger partial charge in [0.15, 0.2) is 0 Å². The Morgan fingerprint density at radius 2 is 2.18 bits per heavy atom. The first-order valence-corrected chi connectivity index (χ1v) is 6.76. The van der Waals surface area contributed by atoms with E-state index in [9.17, 15) is 4.79 Å². The molecule has 2 fully saturated rings. The highest BCUT2D eigenvalue weighted by atomic mass is 35.5. The van der Waals surface area contributed by atoms with Crippen LogP contribution in [0.3, 0.4) is 0 Å². The summed E-state index contributed by atoms with van der Waals surface area (Å²) >= 11 is 5.79. The summed E-state index contributed by atoms with van der Waals surface area (Å²) in [5, 5.41) is 0. The van der Waals surface area contributed by atoms with Crippen molar-refractivity contribution in [3.05, 3.63) is 0 Å². The lowest BCUT2D eigenvalue weighted by molar-refractivity contribution is -0.154. The van der Waals surface area contributed by atoms with Crippen LogP contribution in [-0.4, -0.2) is 54.7 Å². The van der Waals surface area contributed by atoms with Crippen molar-refractivity contribution in [1.29, 1.82) is 0 Å². The van der Waals surface area contributed by atoms with Crippen LogP contribution in [0, 0.1) is 5.92 Å². The molecule has 0 saturated carbocycles. The summed E-state index contributed by atoms with van der Waals surface area (Å²) in [5.74, 6) is 0.838. The molecular weight excluding hydrogens is 242 g/mol. The number of nitrogens with zero attached hydrogens (tertiary/aromatic N) is 1. The third kappa shape index (κ3) is 2.75. The largest absolute Gasteiger partial charge is 0.373 e. The number of morpholine rings is 1. The van der Waals surface area contributed by atoms with Gasteiger partial charge in [0.05, 0.1) is 24.6 Å². The van der Waals surface area contributed by atoms with Crippen LogP contribution in [0.15, 0.2) is 0 Å². The molecule has 2 rings (SSSR count). The molecule has 0 aromatic rings. The number of alkyl halides is 1. The first-order chi connectivity index (χ1) is 8.13. The Bertz CT molecular complexity index is 287. The Morgan fingerprint density at radius 1 is 1.41 bits per heavy atom. The summed E-state index contributed by atoms with van der Waals surface area (Å²) in [7, 11) is 0. The fourth-order valence-electron chi connectivity index (χ4n) is 2.39. The summed E-state index contributed by atoms with van der Waals surface area (Å²) < 4.78 is 11.1. The molecule has 0 bridgehead atoms. The summed E-state index contributed by atoms with van der Waals surface area (Å²) in [4.78, 5) is 14.2. The highest BCUT2D eigenvalue weighted by molar-refractivity contribution is 6.18. The van der Waals surface area contributed by atoms with Gasteiger partial charge < -0.3 is 14.4 Å². The molecule has 0 aromatic heterocycles. The van der Waals surface area contributed by atoms with Crippen molar-refractivity contribution in [3.63, 3.8) is 0 Å². The number of hydrogen-bond donors (Lipinski definition) is 0. The Hall–Kier alpha value is -0.320. The van der Waals surface area contributed by atoms with E-state index in [1.165, 1.54) is 0 Å². The molecule has 0 spiro atoms. The fourth-order valence-corrected chi connectivity index (χ4v) is 2.58. The van der Waals surface area contributed by atoms with E-state index in [-0.39, 0.29) is 24.2 Å². The van der Waals surface area contributed by atoms with Gasteiger partial charge in [-0.2, -0.15) is 0 Å². The molecule has 98 valence electrons. The van der Waals surface area contributed by atoms with Crippen LogP contribution in [0.5, 0.6) is 0 Å².